The quantitative estimate of drug-likeness (QED) is 0.208. The number of likely N-dealkylation sites (tertiary alicyclic amines) is 3. The highest BCUT2D eigenvalue weighted by atomic mass is 19.1. The summed E-state index contributed by atoms with van der Waals surface area (Å²) in [6.45, 7) is 10.2. The molecule has 73 heavy (non-hydrogen) atoms. The molecule has 9 heterocycles. The number of anilines is 5. The molecule has 3 aliphatic heterocycles. The van der Waals surface area contributed by atoms with E-state index in [1.54, 1.807) is 42.1 Å². The standard InChI is InChI=1S/C16H19FN6O.2C16H21N7O.CH4/c1-11-6-9-22(14(24)5-7-18)10-13(11)21(2)15-12-4-3-8-23(12)20-16(17)19-15;1-11-6-8-22(15(24)5-7-17)9-13(11)21(2)16-12-3-4-14(18)23(12)20-10-19-16;1-11-6-9-22(14(24)5-7-17)10-13(11)21(2)15-12-4-3-8-23(12)20-16(18)19-15;/h3-4,8,11,13H,5-6,9-10H2,1-2H3;3-4,10-11,13H,5-6,8-9,18H2,1-2H3;3-4,8,11,13H,5-6,9-10H2,1-2H3,(H2,18,20);1H4/t3*11-,13+;/m111./s1. The number of halogens is 1. The van der Waals surface area contributed by atoms with Crippen molar-refractivity contribution in [3.63, 3.8) is 0 Å². The third kappa shape index (κ3) is 11.9. The van der Waals surface area contributed by atoms with Crippen molar-refractivity contribution < 1.29 is 18.8 Å². The van der Waals surface area contributed by atoms with Crippen molar-refractivity contribution in [2.24, 2.45) is 17.8 Å². The van der Waals surface area contributed by atoms with Gasteiger partial charge in [-0.1, -0.05) is 28.2 Å². The summed E-state index contributed by atoms with van der Waals surface area (Å²) in [5.74, 6) is 3.53. The first kappa shape index (κ1) is 54.0. The first-order valence-corrected chi connectivity index (χ1v) is 23.9. The van der Waals surface area contributed by atoms with E-state index >= 15 is 0 Å². The van der Waals surface area contributed by atoms with E-state index in [9.17, 15) is 18.8 Å². The SMILES string of the molecule is C.C[C@@H]1CCN(C(=O)CC#N)C[C@@H]1N(C)c1nc(F)nn2cccc12.C[C@@H]1CCN(C(=O)CC#N)C[C@@H]1N(C)c1nc(N)nn2cccc12.C[C@@H]1CCN(C(=O)CC#N)C[C@@H]1N(C)c1ncnn2c(N)ccc12. The summed E-state index contributed by atoms with van der Waals surface area (Å²) in [6.07, 6.45) is 6.56. The molecule has 3 amide bonds. The molecule has 0 bridgehead atoms. The van der Waals surface area contributed by atoms with Crippen LogP contribution < -0.4 is 26.2 Å². The lowest BCUT2D eigenvalue weighted by molar-refractivity contribution is -0.132. The summed E-state index contributed by atoms with van der Waals surface area (Å²) in [4.78, 5) is 60.3. The van der Waals surface area contributed by atoms with E-state index in [2.05, 4.69) is 60.8 Å². The van der Waals surface area contributed by atoms with Gasteiger partial charge in [0.15, 0.2) is 17.5 Å². The molecule has 3 fully saturated rings. The minimum Gasteiger partial charge on any atom is -0.384 e. The highest BCUT2D eigenvalue weighted by Gasteiger charge is 2.36. The number of nitrogens with two attached hydrogens (primary N) is 2. The van der Waals surface area contributed by atoms with Crippen LogP contribution in [-0.2, 0) is 14.4 Å². The van der Waals surface area contributed by atoms with Crippen LogP contribution in [0, 0.1) is 57.8 Å². The number of hydrogen-bond donors (Lipinski definition) is 2. The lowest BCUT2D eigenvalue weighted by Gasteiger charge is -2.42. The van der Waals surface area contributed by atoms with E-state index in [0.717, 1.165) is 41.9 Å². The average molecular weight is 1000 g/mol. The number of amides is 3. The Bertz CT molecular complexity index is 2890. The van der Waals surface area contributed by atoms with Crippen molar-refractivity contribution >= 4 is 63.5 Å². The second kappa shape index (κ2) is 23.7. The molecule has 6 aromatic rings. The summed E-state index contributed by atoms with van der Waals surface area (Å²) in [5.41, 5.74) is 14.2. The molecule has 0 aromatic carbocycles. The van der Waals surface area contributed by atoms with Gasteiger partial charge in [-0.3, -0.25) is 14.4 Å². The molecule has 4 N–H and O–H groups in total. The Morgan fingerprint density at radius 1 is 0.644 bits per heavy atom. The molecule has 0 aliphatic carbocycles. The third-order valence-electron chi connectivity index (χ3n) is 14.2. The molecule has 9 rings (SSSR count). The summed E-state index contributed by atoms with van der Waals surface area (Å²) in [5, 5.41) is 38.3. The molecule has 23 nitrogen and oxygen atoms in total. The zero-order valence-electron chi connectivity index (χ0n) is 41.5. The number of nitriles is 3. The Hall–Kier alpha value is -8.33. The lowest BCUT2D eigenvalue weighted by Crippen LogP contribution is -2.52. The summed E-state index contributed by atoms with van der Waals surface area (Å²) in [7, 11) is 5.80. The summed E-state index contributed by atoms with van der Waals surface area (Å²) in [6, 6.07) is 17.1. The van der Waals surface area contributed by atoms with Crippen LogP contribution in [0.3, 0.4) is 0 Å². The topological polar surface area (TPSA) is 285 Å². The van der Waals surface area contributed by atoms with Gasteiger partial charge in [0.25, 0.3) is 0 Å². The van der Waals surface area contributed by atoms with Gasteiger partial charge in [-0.15, -0.1) is 10.2 Å². The van der Waals surface area contributed by atoms with Gasteiger partial charge in [-0.05, 0) is 73.4 Å². The van der Waals surface area contributed by atoms with Gasteiger partial charge < -0.3 is 40.9 Å². The van der Waals surface area contributed by atoms with E-state index in [0.29, 0.717) is 74.2 Å². The molecular weight excluding hydrogens is 936 g/mol. The fraction of sp³-hybridized carbons (Fsp3) is 0.510. The summed E-state index contributed by atoms with van der Waals surface area (Å²) < 4.78 is 18.6. The first-order chi connectivity index (χ1) is 34.5. The molecule has 0 unspecified atom stereocenters. The van der Waals surface area contributed by atoms with Crippen LogP contribution in [0.1, 0.15) is 66.7 Å². The van der Waals surface area contributed by atoms with E-state index in [-0.39, 0.29) is 68.5 Å². The summed E-state index contributed by atoms with van der Waals surface area (Å²) >= 11 is 0. The molecule has 6 aromatic heterocycles. The predicted molar refractivity (Wildman–Crippen MR) is 273 cm³/mol. The minimum atomic E-state index is -0.790. The van der Waals surface area contributed by atoms with Crippen molar-refractivity contribution in [2.45, 2.75) is 84.8 Å². The highest BCUT2D eigenvalue weighted by Crippen LogP contribution is 2.31. The second-order valence-electron chi connectivity index (χ2n) is 18.7. The first-order valence-electron chi connectivity index (χ1n) is 23.9. The molecular formula is C49H65FN20O3. The number of rotatable bonds is 9. The van der Waals surface area contributed by atoms with Gasteiger partial charge in [0, 0.05) is 72.8 Å². The minimum absolute atomic E-state index is 0. The zero-order valence-corrected chi connectivity index (χ0v) is 41.5. The van der Waals surface area contributed by atoms with Gasteiger partial charge in [-0.2, -0.15) is 35.2 Å². The van der Waals surface area contributed by atoms with Crippen molar-refractivity contribution in [1.29, 1.82) is 15.8 Å². The van der Waals surface area contributed by atoms with E-state index in [1.807, 2.05) is 74.7 Å². The molecule has 0 spiro atoms. The largest absolute Gasteiger partial charge is 0.384 e. The van der Waals surface area contributed by atoms with Gasteiger partial charge in [-0.25, -0.2) is 18.5 Å². The Labute approximate surface area is 424 Å². The van der Waals surface area contributed by atoms with Crippen molar-refractivity contribution in [2.75, 3.05) is 86.6 Å². The maximum Gasteiger partial charge on any atom is 0.327 e. The average Bonchev–Trinajstić information content (AvgIpc) is 4.14. The van der Waals surface area contributed by atoms with Crippen LogP contribution in [0.2, 0.25) is 0 Å². The number of carbonyl (C=O) groups excluding carboxylic acids is 3. The normalized spacial score (nSPS) is 20.5. The molecule has 24 heteroatoms. The number of carbonyl (C=O) groups is 3. The Balaban J connectivity index is 0.000000177. The molecule has 6 atom stereocenters. The van der Waals surface area contributed by atoms with Gasteiger partial charge >= 0.3 is 6.08 Å². The lowest BCUT2D eigenvalue weighted by atomic mass is 9.92. The van der Waals surface area contributed by atoms with Crippen LogP contribution in [0.5, 0.6) is 0 Å². The fourth-order valence-corrected chi connectivity index (χ4v) is 9.91. The van der Waals surface area contributed by atoms with Gasteiger partial charge in [0.05, 0.1) is 36.3 Å². The molecule has 0 radical (unpaired) electrons. The zero-order chi connectivity index (χ0) is 51.8. The number of fused-ring (bicyclic) bond motifs is 3. The Morgan fingerprint density at radius 3 is 1.52 bits per heavy atom. The van der Waals surface area contributed by atoms with Gasteiger partial charge in [0.2, 0.25) is 23.7 Å². The molecule has 386 valence electrons. The van der Waals surface area contributed by atoms with Crippen LogP contribution >= 0.6 is 0 Å². The van der Waals surface area contributed by atoms with Crippen molar-refractivity contribution in [1.82, 2.24) is 58.5 Å². The number of piperidine rings is 3. The van der Waals surface area contributed by atoms with E-state index < -0.39 is 6.08 Å². The third-order valence-corrected chi connectivity index (χ3v) is 14.2. The number of likely N-dealkylation sites (N-methyl/N-ethyl adjacent to an activating group) is 3. The van der Waals surface area contributed by atoms with Gasteiger partial charge in [0.1, 0.15) is 48.0 Å². The molecule has 0 saturated carbocycles. The Kier molecular flexibility index (Phi) is 17.6. The number of nitrogens with zero attached hydrogens (tertiary/aromatic N) is 18. The van der Waals surface area contributed by atoms with Crippen LogP contribution in [0.15, 0.2) is 55.1 Å². The maximum absolute atomic E-state index is 13.7. The predicted octanol–water partition coefficient (Wildman–Crippen LogP) is 3.89. The van der Waals surface area contributed by atoms with E-state index in [4.69, 9.17) is 27.3 Å². The molecule has 3 saturated heterocycles. The number of hydrogen-bond acceptors (Lipinski definition) is 17. The highest BCUT2D eigenvalue weighted by molar-refractivity contribution is 5.80. The molecule has 3 aliphatic rings. The van der Waals surface area contributed by atoms with Crippen LogP contribution in [-0.4, -0.2) is 155 Å². The number of nitrogen functional groups attached to an aromatic ring is 2. The van der Waals surface area contributed by atoms with E-state index in [1.165, 1.54) is 10.8 Å². The smallest absolute Gasteiger partial charge is 0.327 e. The Morgan fingerprint density at radius 2 is 1.07 bits per heavy atom. The second-order valence-corrected chi connectivity index (χ2v) is 18.7. The maximum atomic E-state index is 13.7. The van der Waals surface area contributed by atoms with Crippen molar-refractivity contribution in [3.05, 3.63) is 61.2 Å². The van der Waals surface area contributed by atoms with Crippen molar-refractivity contribution in [3.8, 4) is 18.2 Å². The monoisotopic (exact) mass is 1000 g/mol. The van der Waals surface area contributed by atoms with Crippen LogP contribution in [0.25, 0.3) is 16.6 Å². The number of aromatic nitrogens is 9. The van der Waals surface area contributed by atoms with Crippen LogP contribution in [0.4, 0.5) is 33.6 Å². The fourth-order valence-electron chi connectivity index (χ4n) is 9.91.